The Balaban J connectivity index is 1.93. The maximum atomic E-state index is 9.47. The number of hydrogen-bond acceptors (Lipinski definition) is 3. The van der Waals surface area contributed by atoms with E-state index < -0.39 is 0 Å². The number of para-hydroxylation sites is 1. The van der Waals surface area contributed by atoms with Crippen molar-refractivity contribution in [3.05, 3.63) is 52.1 Å². The normalized spacial score (nSPS) is 11.7. The number of aryl methyl sites for hydroxylation is 1. The fraction of sp³-hybridized carbons (Fsp3) is 0.176. The number of H-pyrrole nitrogens is 1. The molecule has 0 radical (unpaired) electrons. The summed E-state index contributed by atoms with van der Waals surface area (Å²) in [5.41, 5.74) is 3.76. The number of nitriles is 1. The van der Waals surface area contributed by atoms with Gasteiger partial charge in [0.05, 0.1) is 11.3 Å². The molecule has 2 aromatic heterocycles. The van der Waals surface area contributed by atoms with Crippen molar-refractivity contribution in [2.45, 2.75) is 12.8 Å². The predicted molar refractivity (Wildman–Crippen MR) is 96.0 cm³/mol. The van der Waals surface area contributed by atoms with Gasteiger partial charge in [0.1, 0.15) is 11.1 Å². The van der Waals surface area contributed by atoms with Crippen molar-refractivity contribution in [3.8, 4) is 6.07 Å². The van der Waals surface area contributed by atoms with Gasteiger partial charge in [0.15, 0.2) is 0 Å². The highest BCUT2D eigenvalue weighted by molar-refractivity contribution is 9.09. The van der Waals surface area contributed by atoms with Crippen LogP contribution in [-0.2, 0) is 6.42 Å². The van der Waals surface area contributed by atoms with Gasteiger partial charge >= 0.3 is 0 Å². The molecule has 1 N–H and O–H groups in total. The number of alkyl halides is 1. The second-order valence-corrected chi connectivity index (χ2v) is 6.55. The van der Waals surface area contributed by atoms with E-state index in [4.69, 9.17) is 0 Å². The van der Waals surface area contributed by atoms with Gasteiger partial charge in [-0.3, -0.25) is 0 Å². The molecule has 0 unspecified atom stereocenters. The third kappa shape index (κ3) is 3.13. The largest absolute Gasteiger partial charge is 0.361 e. The van der Waals surface area contributed by atoms with Gasteiger partial charge in [-0.1, -0.05) is 34.1 Å². The summed E-state index contributed by atoms with van der Waals surface area (Å²) in [4.78, 5) is 7.80. The topological polar surface area (TPSA) is 52.5 Å². The molecular formula is C17H14BrN3S. The molecule has 0 bridgehead atoms. The van der Waals surface area contributed by atoms with E-state index in [0.717, 1.165) is 45.3 Å². The first-order valence-corrected chi connectivity index (χ1v) is 9.00. The first kappa shape index (κ1) is 15.0. The summed E-state index contributed by atoms with van der Waals surface area (Å²) in [5, 5.41) is 14.4. The highest BCUT2D eigenvalue weighted by Gasteiger charge is 2.09. The summed E-state index contributed by atoms with van der Waals surface area (Å²) < 4.78 is 0. The number of rotatable bonds is 5. The van der Waals surface area contributed by atoms with Crippen LogP contribution in [0.1, 0.15) is 22.7 Å². The van der Waals surface area contributed by atoms with E-state index in [1.165, 1.54) is 11.3 Å². The van der Waals surface area contributed by atoms with E-state index >= 15 is 0 Å². The monoisotopic (exact) mass is 371 g/mol. The SMILES string of the molecule is N#C/C(=C\c1c[nH]c2ccccc12)c1nc(CCCBr)cs1. The van der Waals surface area contributed by atoms with Crippen LogP contribution >= 0.6 is 27.3 Å². The average Bonchev–Trinajstić information content (AvgIpc) is 3.18. The molecule has 2 heterocycles. The standard InChI is InChI=1S/C17H14BrN3S/c18-7-3-4-14-11-22-17(21-14)12(9-19)8-13-10-20-16-6-2-1-5-15(13)16/h1-2,5-6,8,10-11,20H,3-4,7H2/b12-8+. The second-order valence-electron chi connectivity index (χ2n) is 4.90. The zero-order chi connectivity index (χ0) is 15.4. The molecular weight excluding hydrogens is 358 g/mol. The lowest BCUT2D eigenvalue weighted by Crippen LogP contribution is -1.87. The van der Waals surface area contributed by atoms with Crippen molar-refractivity contribution in [2.24, 2.45) is 0 Å². The minimum atomic E-state index is 0.611. The smallest absolute Gasteiger partial charge is 0.134 e. The molecule has 3 rings (SSSR count). The summed E-state index contributed by atoms with van der Waals surface area (Å²) in [6.45, 7) is 0. The number of allylic oxidation sites excluding steroid dienone is 1. The van der Waals surface area contributed by atoms with Gasteiger partial charge in [-0.2, -0.15) is 5.26 Å². The summed E-state index contributed by atoms with van der Waals surface area (Å²) >= 11 is 4.96. The third-order valence-corrected chi connectivity index (χ3v) is 4.88. The second kappa shape index (κ2) is 6.91. The number of halogens is 1. The zero-order valence-corrected chi connectivity index (χ0v) is 14.2. The fourth-order valence-corrected chi connectivity index (χ4v) is 3.40. The van der Waals surface area contributed by atoms with Gasteiger partial charge in [0, 0.05) is 33.4 Å². The Labute approximate surface area is 141 Å². The molecule has 0 saturated carbocycles. The van der Waals surface area contributed by atoms with E-state index in [1.54, 1.807) is 0 Å². The van der Waals surface area contributed by atoms with Crippen LogP contribution in [0, 0.1) is 11.3 Å². The molecule has 3 nitrogen and oxygen atoms in total. The number of benzene rings is 1. The molecule has 0 spiro atoms. The predicted octanol–water partition coefficient (Wildman–Crippen LogP) is 5.02. The van der Waals surface area contributed by atoms with Crippen LogP contribution in [0.25, 0.3) is 22.6 Å². The van der Waals surface area contributed by atoms with Gasteiger partial charge in [0.2, 0.25) is 0 Å². The Bertz CT molecular complexity index is 854. The molecule has 0 fully saturated rings. The lowest BCUT2D eigenvalue weighted by atomic mass is 10.1. The maximum Gasteiger partial charge on any atom is 0.134 e. The minimum Gasteiger partial charge on any atom is -0.361 e. The van der Waals surface area contributed by atoms with Crippen molar-refractivity contribution >= 4 is 49.8 Å². The first-order chi connectivity index (χ1) is 10.8. The van der Waals surface area contributed by atoms with Gasteiger partial charge in [0.25, 0.3) is 0 Å². The highest BCUT2D eigenvalue weighted by Crippen LogP contribution is 2.26. The van der Waals surface area contributed by atoms with E-state index in [-0.39, 0.29) is 0 Å². The van der Waals surface area contributed by atoms with Gasteiger partial charge in [-0.25, -0.2) is 4.98 Å². The zero-order valence-electron chi connectivity index (χ0n) is 11.8. The number of thiazole rings is 1. The molecule has 5 heteroatoms. The van der Waals surface area contributed by atoms with Crippen LogP contribution in [0.15, 0.2) is 35.8 Å². The van der Waals surface area contributed by atoms with Crippen LogP contribution in [0.2, 0.25) is 0 Å². The van der Waals surface area contributed by atoms with Crippen LogP contribution in [0.3, 0.4) is 0 Å². The number of aromatic nitrogens is 2. The number of nitrogens with zero attached hydrogens (tertiary/aromatic N) is 2. The van der Waals surface area contributed by atoms with Crippen LogP contribution in [-0.4, -0.2) is 15.3 Å². The van der Waals surface area contributed by atoms with E-state index in [9.17, 15) is 5.26 Å². The molecule has 0 aliphatic carbocycles. The molecule has 0 aliphatic rings. The molecule has 0 amide bonds. The van der Waals surface area contributed by atoms with Crippen molar-refractivity contribution in [2.75, 3.05) is 5.33 Å². The van der Waals surface area contributed by atoms with Crippen molar-refractivity contribution < 1.29 is 0 Å². The Morgan fingerprint density at radius 2 is 2.27 bits per heavy atom. The molecule has 3 aromatic rings. The summed E-state index contributed by atoms with van der Waals surface area (Å²) in [5.74, 6) is 0. The van der Waals surface area contributed by atoms with Crippen molar-refractivity contribution in [1.29, 1.82) is 5.26 Å². The lowest BCUT2D eigenvalue weighted by Gasteiger charge is -1.95. The third-order valence-electron chi connectivity index (χ3n) is 3.39. The molecule has 0 saturated heterocycles. The fourth-order valence-electron chi connectivity index (χ4n) is 2.30. The summed E-state index contributed by atoms with van der Waals surface area (Å²) in [6, 6.07) is 10.4. The maximum absolute atomic E-state index is 9.47. The van der Waals surface area contributed by atoms with E-state index in [2.05, 4.69) is 38.0 Å². The Kier molecular flexibility index (Phi) is 4.71. The average molecular weight is 372 g/mol. The van der Waals surface area contributed by atoms with Gasteiger partial charge in [-0.05, 0) is 25.0 Å². The van der Waals surface area contributed by atoms with Gasteiger partial charge < -0.3 is 4.98 Å². The lowest BCUT2D eigenvalue weighted by molar-refractivity contribution is 0.906. The number of hydrogen-bond donors (Lipinski definition) is 1. The first-order valence-electron chi connectivity index (χ1n) is 7.00. The van der Waals surface area contributed by atoms with E-state index in [0.29, 0.717) is 5.57 Å². The quantitative estimate of drug-likeness (QED) is 0.505. The molecule has 1 aromatic carbocycles. The number of aromatic amines is 1. The number of nitrogens with one attached hydrogen (secondary N) is 1. The number of fused-ring (bicyclic) bond motifs is 1. The van der Waals surface area contributed by atoms with Crippen molar-refractivity contribution in [3.63, 3.8) is 0 Å². The van der Waals surface area contributed by atoms with E-state index in [1.807, 2.05) is 35.9 Å². The van der Waals surface area contributed by atoms with Crippen LogP contribution in [0.4, 0.5) is 0 Å². The summed E-state index contributed by atoms with van der Waals surface area (Å²) in [7, 11) is 0. The van der Waals surface area contributed by atoms with Crippen molar-refractivity contribution in [1.82, 2.24) is 9.97 Å². The molecule has 22 heavy (non-hydrogen) atoms. The Morgan fingerprint density at radius 1 is 1.41 bits per heavy atom. The Morgan fingerprint density at radius 3 is 3.09 bits per heavy atom. The molecule has 110 valence electrons. The Hall–Kier alpha value is -1.90. The summed E-state index contributed by atoms with van der Waals surface area (Å²) in [6.07, 6.45) is 5.83. The molecule has 0 atom stereocenters. The van der Waals surface area contributed by atoms with Gasteiger partial charge in [-0.15, -0.1) is 11.3 Å². The van der Waals surface area contributed by atoms with Crippen LogP contribution in [0.5, 0.6) is 0 Å². The highest BCUT2D eigenvalue weighted by atomic mass is 79.9. The minimum absolute atomic E-state index is 0.611. The molecule has 0 aliphatic heterocycles. The van der Waals surface area contributed by atoms with Crippen LogP contribution < -0.4 is 0 Å².